The summed E-state index contributed by atoms with van der Waals surface area (Å²) in [6, 6.07) is 0. The van der Waals surface area contributed by atoms with Crippen molar-refractivity contribution < 1.29 is 19.5 Å². The molecule has 0 saturated heterocycles. The van der Waals surface area contributed by atoms with Gasteiger partial charge in [0.15, 0.2) is 0 Å². The Morgan fingerprint density at radius 3 is 2.10 bits per heavy atom. The standard InChI is InChI=1S/C11H9I3N2O4/c1-3(17)16-9-7(13)4(10(18)15-2)6(12)5(8(9)14)11(19)20/h1-2H3,(H,15,18)(H,16,17)(H,19,20)/i12-2,14-2. The predicted octanol–water partition coefficient (Wildman–Crippen LogP) is 2.52. The molecule has 3 N–H and O–H groups in total. The van der Waals surface area contributed by atoms with E-state index in [0.717, 1.165) is 0 Å². The minimum atomic E-state index is -1.15. The van der Waals surface area contributed by atoms with Crippen LogP contribution in [0, 0.1) is 10.7 Å². The number of aromatic carboxylic acids is 1. The monoisotopic (exact) mass is 610 g/mol. The summed E-state index contributed by atoms with van der Waals surface area (Å²) in [5.74, 6) is -1.88. The largest absolute Gasteiger partial charge is 0.478 e. The SMILES string of the molecule is CNC(=O)c1c(I)c(NC(C)=O)c([125I])c(C(=O)O)c1[125I]. The van der Waals surface area contributed by atoms with Crippen LogP contribution in [-0.2, 0) is 4.79 Å². The number of nitrogens with one attached hydrogen (secondary N) is 2. The van der Waals surface area contributed by atoms with Gasteiger partial charge in [0.25, 0.3) is 5.91 Å². The summed E-state index contributed by atoms with van der Waals surface area (Å²) in [7, 11) is 1.46. The molecule has 1 aromatic carbocycles. The van der Waals surface area contributed by atoms with Gasteiger partial charge in [0.1, 0.15) is 0 Å². The lowest BCUT2D eigenvalue weighted by molar-refractivity contribution is -0.114. The van der Waals surface area contributed by atoms with Crippen molar-refractivity contribution in [2.45, 2.75) is 6.92 Å². The number of benzene rings is 1. The molecule has 0 bridgehead atoms. The lowest BCUT2D eigenvalue weighted by Crippen LogP contribution is -2.24. The Balaban J connectivity index is 3.78. The highest BCUT2D eigenvalue weighted by Crippen LogP contribution is 2.35. The van der Waals surface area contributed by atoms with Gasteiger partial charge in [-0.3, -0.25) is 9.59 Å². The second kappa shape index (κ2) is 7.20. The van der Waals surface area contributed by atoms with Crippen LogP contribution in [0.15, 0.2) is 0 Å². The Morgan fingerprint density at radius 2 is 1.70 bits per heavy atom. The second-order valence-electron chi connectivity index (χ2n) is 3.63. The molecule has 0 aliphatic heterocycles. The number of carbonyl (C=O) groups is 3. The molecule has 1 aromatic rings. The topological polar surface area (TPSA) is 95.5 Å². The zero-order valence-corrected chi connectivity index (χ0v) is 16.8. The molecule has 0 aliphatic rings. The molecular formula is C11H9I3N2O4. The van der Waals surface area contributed by atoms with Crippen molar-refractivity contribution in [3.8, 4) is 0 Å². The fourth-order valence-electron chi connectivity index (χ4n) is 1.46. The lowest BCUT2D eigenvalue weighted by atomic mass is 10.1. The molecule has 0 aliphatic carbocycles. The molecule has 0 fully saturated rings. The van der Waals surface area contributed by atoms with Gasteiger partial charge >= 0.3 is 5.97 Å². The first-order valence-corrected chi connectivity index (χ1v) is 8.39. The molecule has 0 atom stereocenters. The Kier molecular flexibility index (Phi) is 6.43. The molecule has 6 nitrogen and oxygen atoms in total. The van der Waals surface area contributed by atoms with E-state index >= 15 is 0 Å². The molecule has 108 valence electrons. The van der Waals surface area contributed by atoms with Crippen molar-refractivity contribution in [3.05, 3.63) is 21.8 Å². The maximum atomic E-state index is 12.0. The molecule has 0 unspecified atom stereocenters. The summed E-state index contributed by atoms with van der Waals surface area (Å²) < 4.78 is 1.25. The third-order valence-electron chi connectivity index (χ3n) is 2.29. The third-order valence-corrected chi connectivity index (χ3v) is 5.52. The van der Waals surface area contributed by atoms with Gasteiger partial charge in [0.05, 0.1) is 24.0 Å². The highest BCUT2D eigenvalue weighted by Gasteiger charge is 2.27. The summed E-state index contributed by atoms with van der Waals surface area (Å²) in [6.45, 7) is 1.32. The van der Waals surface area contributed by atoms with Gasteiger partial charge in [0.2, 0.25) is 5.91 Å². The smallest absolute Gasteiger partial charge is 0.337 e. The van der Waals surface area contributed by atoms with E-state index in [1.54, 1.807) is 0 Å². The van der Waals surface area contributed by atoms with Gasteiger partial charge in [-0.05, 0) is 67.8 Å². The van der Waals surface area contributed by atoms with E-state index in [-0.39, 0.29) is 17.0 Å². The van der Waals surface area contributed by atoms with Crippen molar-refractivity contribution in [1.29, 1.82) is 0 Å². The predicted molar refractivity (Wildman–Crippen MR) is 99.2 cm³/mol. The van der Waals surface area contributed by atoms with Gasteiger partial charge in [-0.1, -0.05) is 0 Å². The Bertz CT molecular complexity index is 616. The van der Waals surface area contributed by atoms with E-state index in [1.165, 1.54) is 14.0 Å². The summed E-state index contributed by atoms with van der Waals surface area (Å²) in [5.41, 5.74) is 0.597. The number of hydrogen-bond donors (Lipinski definition) is 3. The van der Waals surface area contributed by atoms with Crippen LogP contribution in [0.5, 0.6) is 0 Å². The van der Waals surface area contributed by atoms with Crippen molar-refractivity contribution >= 4 is 91.2 Å². The average Bonchev–Trinajstić information content (AvgIpc) is 2.33. The van der Waals surface area contributed by atoms with Crippen molar-refractivity contribution in [3.63, 3.8) is 0 Å². The maximum Gasteiger partial charge on any atom is 0.337 e. The van der Waals surface area contributed by atoms with Crippen LogP contribution in [-0.4, -0.2) is 29.9 Å². The second-order valence-corrected chi connectivity index (χ2v) is 6.87. The number of carboxylic acids is 1. The normalized spacial score (nSPS) is 10.1. The lowest BCUT2D eigenvalue weighted by Gasteiger charge is -2.16. The molecule has 0 heterocycles. The van der Waals surface area contributed by atoms with E-state index in [9.17, 15) is 19.5 Å². The number of amides is 2. The fraction of sp³-hybridized carbons (Fsp3) is 0.182. The molecule has 0 saturated carbocycles. The highest BCUT2D eigenvalue weighted by atomic mass is 127. The number of rotatable bonds is 3. The summed E-state index contributed by atoms with van der Waals surface area (Å²) in [4.78, 5) is 34.6. The molecule has 0 radical (unpaired) electrons. The average molecular weight is 610 g/mol. The first-order valence-electron chi connectivity index (χ1n) is 5.15. The first kappa shape index (κ1) is 17.9. The molecule has 1 rings (SSSR count). The molecule has 9 heteroatoms. The van der Waals surface area contributed by atoms with Gasteiger partial charge in [-0.15, -0.1) is 0 Å². The Hall–Kier alpha value is -0.180. The summed E-state index contributed by atoms with van der Waals surface area (Å²) in [6.07, 6.45) is 0. The fourth-order valence-corrected chi connectivity index (χ4v) is 5.85. The Morgan fingerprint density at radius 1 is 1.15 bits per heavy atom. The van der Waals surface area contributed by atoms with Gasteiger partial charge in [0, 0.05) is 17.5 Å². The van der Waals surface area contributed by atoms with Gasteiger partial charge in [-0.25, -0.2) is 4.79 Å². The number of anilines is 1. The Labute approximate surface area is 155 Å². The van der Waals surface area contributed by atoms with Crippen LogP contribution in [0.1, 0.15) is 27.6 Å². The van der Waals surface area contributed by atoms with E-state index in [2.05, 4.69) is 10.6 Å². The van der Waals surface area contributed by atoms with Crippen LogP contribution in [0.3, 0.4) is 0 Å². The van der Waals surface area contributed by atoms with E-state index in [4.69, 9.17) is 0 Å². The third kappa shape index (κ3) is 3.52. The zero-order valence-electron chi connectivity index (χ0n) is 10.3. The number of halogens is 3. The van der Waals surface area contributed by atoms with Crippen LogP contribution >= 0.6 is 67.8 Å². The molecule has 2 amide bonds. The quantitative estimate of drug-likeness (QED) is 0.459. The van der Waals surface area contributed by atoms with E-state index < -0.39 is 11.9 Å². The van der Waals surface area contributed by atoms with E-state index in [0.29, 0.717) is 16.4 Å². The van der Waals surface area contributed by atoms with Crippen LogP contribution in [0.2, 0.25) is 0 Å². The molecule has 0 aromatic heterocycles. The van der Waals surface area contributed by atoms with E-state index in [1.807, 2.05) is 67.8 Å². The minimum absolute atomic E-state index is 0.00830. The van der Waals surface area contributed by atoms with Crippen LogP contribution < -0.4 is 10.6 Å². The highest BCUT2D eigenvalue weighted by molar-refractivity contribution is 14.1. The van der Waals surface area contributed by atoms with Crippen LogP contribution in [0.4, 0.5) is 5.69 Å². The first-order chi connectivity index (χ1) is 9.22. The van der Waals surface area contributed by atoms with Gasteiger partial charge < -0.3 is 15.7 Å². The summed E-state index contributed by atoms with van der Waals surface area (Å²) in [5, 5.41) is 14.4. The number of carboxylic acid groups (broad SMARTS) is 1. The zero-order chi connectivity index (χ0) is 15.6. The molecular weight excluding hydrogens is 601 g/mol. The molecule has 20 heavy (non-hydrogen) atoms. The number of carbonyl (C=O) groups excluding carboxylic acids is 2. The number of hydrogen-bond acceptors (Lipinski definition) is 3. The maximum absolute atomic E-state index is 12.0. The van der Waals surface area contributed by atoms with Gasteiger partial charge in [-0.2, -0.15) is 0 Å². The molecule has 0 spiro atoms. The van der Waals surface area contributed by atoms with Crippen LogP contribution in [0.25, 0.3) is 0 Å². The minimum Gasteiger partial charge on any atom is -0.478 e. The van der Waals surface area contributed by atoms with Crippen molar-refractivity contribution in [2.75, 3.05) is 12.4 Å². The summed E-state index contributed by atoms with van der Waals surface area (Å²) >= 11 is 5.61. The van der Waals surface area contributed by atoms with Crippen molar-refractivity contribution in [1.82, 2.24) is 5.32 Å². The van der Waals surface area contributed by atoms with Crippen molar-refractivity contribution in [2.24, 2.45) is 0 Å².